The molecule has 2 heterocycles. The standard InChI is InChI=1S/C32H39GeNO/c1-31(2,3)18-20-10-12-23-22(16-20)17-24-28-27-21(14-15-34-28)11-13-26(33(7,8)9)30(27)35-29(24)25(23)19-32(4,5)6/h10-17H,18-19H2,1-9H3. The molecular weight excluding hydrogens is 487 g/mol. The fraction of sp³-hybridized carbons (Fsp3) is 0.406. The van der Waals surface area contributed by atoms with Gasteiger partial charge in [-0.2, -0.15) is 0 Å². The molecule has 0 aliphatic carbocycles. The molecule has 3 heteroatoms. The summed E-state index contributed by atoms with van der Waals surface area (Å²) in [7, 11) is 0. The second-order valence-corrected chi connectivity index (χ2v) is 24.4. The fourth-order valence-corrected chi connectivity index (χ4v) is 8.50. The molecule has 0 spiro atoms. The van der Waals surface area contributed by atoms with Gasteiger partial charge in [-0.05, 0) is 0 Å². The number of aromatic nitrogens is 1. The molecular formula is C32H39GeNO. The number of pyridine rings is 1. The predicted octanol–water partition coefficient (Wildman–Crippen LogP) is 8.88. The van der Waals surface area contributed by atoms with E-state index in [1.807, 2.05) is 6.20 Å². The Balaban J connectivity index is 1.85. The van der Waals surface area contributed by atoms with E-state index in [2.05, 4.69) is 101 Å². The van der Waals surface area contributed by atoms with E-state index in [0.29, 0.717) is 0 Å². The summed E-state index contributed by atoms with van der Waals surface area (Å²) in [4.78, 5) is 4.97. The van der Waals surface area contributed by atoms with E-state index in [-0.39, 0.29) is 10.8 Å². The third-order valence-corrected chi connectivity index (χ3v) is 11.1. The average Bonchev–Trinajstić information content (AvgIpc) is 2.71. The van der Waals surface area contributed by atoms with Crippen molar-refractivity contribution >= 4 is 39.2 Å². The molecule has 2 nitrogen and oxygen atoms in total. The summed E-state index contributed by atoms with van der Waals surface area (Å²) in [6.45, 7) is 13.9. The van der Waals surface area contributed by atoms with Crippen LogP contribution in [0.3, 0.4) is 0 Å². The van der Waals surface area contributed by atoms with Crippen LogP contribution >= 0.6 is 0 Å². The Bertz CT molecular complexity index is 1460. The second kappa shape index (κ2) is 8.09. The van der Waals surface area contributed by atoms with Crippen molar-refractivity contribution in [3.05, 3.63) is 59.8 Å². The van der Waals surface area contributed by atoms with Crippen molar-refractivity contribution in [1.29, 1.82) is 0 Å². The Kier molecular flexibility index (Phi) is 5.64. The van der Waals surface area contributed by atoms with Crippen molar-refractivity contribution in [3.63, 3.8) is 0 Å². The average molecular weight is 526 g/mol. The van der Waals surface area contributed by atoms with Crippen molar-refractivity contribution < 1.29 is 4.74 Å². The first kappa shape index (κ1) is 24.4. The van der Waals surface area contributed by atoms with E-state index in [9.17, 15) is 0 Å². The van der Waals surface area contributed by atoms with Gasteiger partial charge in [0.1, 0.15) is 0 Å². The maximum atomic E-state index is 7.01. The van der Waals surface area contributed by atoms with Crippen molar-refractivity contribution in [3.8, 4) is 22.8 Å². The van der Waals surface area contributed by atoms with Crippen LogP contribution < -0.4 is 9.13 Å². The van der Waals surface area contributed by atoms with Gasteiger partial charge in [-0.25, -0.2) is 0 Å². The molecule has 0 N–H and O–H groups in total. The summed E-state index contributed by atoms with van der Waals surface area (Å²) in [5.41, 5.74) is 5.30. The molecule has 0 fully saturated rings. The Morgan fingerprint density at radius 3 is 2.14 bits per heavy atom. The minimum atomic E-state index is -2.19. The van der Waals surface area contributed by atoms with E-state index < -0.39 is 13.3 Å². The number of hydrogen-bond donors (Lipinski definition) is 0. The summed E-state index contributed by atoms with van der Waals surface area (Å²) >= 11 is -2.19. The van der Waals surface area contributed by atoms with Crippen molar-refractivity contribution in [2.45, 2.75) is 71.7 Å². The van der Waals surface area contributed by atoms with Gasteiger partial charge in [0, 0.05) is 0 Å². The van der Waals surface area contributed by atoms with Crippen LogP contribution in [0.5, 0.6) is 11.5 Å². The van der Waals surface area contributed by atoms with Crippen LogP contribution in [0, 0.1) is 10.8 Å². The summed E-state index contributed by atoms with van der Waals surface area (Å²) in [5, 5.41) is 5.00. The fourth-order valence-electron chi connectivity index (χ4n) is 5.47. The van der Waals surface area contributed by atoms with E-state index in [4.69, 9.17) is 9.72 Å². The zero-order valence-corrected chi connectivity index (χ0v) is 25.0. The SMILES string of the molecule is CC(C)(C)Cc1ccc2c(CC(C)(C)C)c3c(cc2c1)-c1nccc2cc[c]([Ge]([CH3])([CH3])[CH3])c(c12)O3. The molecule has 5 rings (SSSR count). The van der Waals surface area contributed by atoms with Gasteiger partial charge in [0.2, 0.25) is 0 Å². The first-order valence-corrected chi connectivity index (χ1v) is 20.2. The van der Waals surface area contributed by atoms with E-state index in [1.54, 1.807) is 0 Å². The number of benzene rings is 3. The minimum absolute atomic E-state index is 0.135. The zero-order chi connectivity index (χ0) is 25.3. The number of fused-ring (bicyclic) bond motifs is 3. The first-order valence-electron chi connectivity index (χ1n) is 12.9. The molecule has 0 bridgehead atoms. The van der Waals surface area contributed by atoms with E-state index in [0.717, 1.165) is 35.6 Å². The van der Waals surface area contributed by atoms with Gasteiger partial charge in [0.25, 0.3) is 0 Å². The van der Waals surface area contributed by atoms with Gasteiger partial charge in [-0.15, -0.1) is 0 Å². The molecule has 182 valence electrons. The van der Waals surface area contributed by atoms with Gasteiger partial charge in [0.05, 0.1) is 0 Å². The molecule has 0 amide bonds. The number of rotatable bonds is 3. The maximum absolute atomic E-state index is 7.01. The molecule has 1 aliphatic heterocycles. The molecule has 4 aromatic rings. The second-order valence-electron chi connectivity index (χ2n) is 13.8. The Morgan fingerprint density at radius 2 is 1.49 bits per heavy atom. The Hall–Kier alpha value is -2.33. The van der Waals surface area contributed by atoms with E-state index >= 15 is 0 Å². The number of nitrogens with zero attached hydrogens (tertiary/aromatic N) is 1. The van der Waals surface area contributed by atoms with Crippen LogP contribution in [0.4, 0.5) is 0 Å². The Labute approximate surface area is 213 Å². The van der Waals surface area contributed by atoms with Crippen molar-refractivity contribution in [2.75, 3.05) is 0 Å². The molecule has 0 atom stereocenters. The zero-order valence-electron chi connectivity index (χ0n) is 22.9. The van der Waals surface area contributed by atoms with Crippen LogP contribution in [0.2, 0.25) is 17.3 Å². The van der Waals surface area contributed by atoms with Crippen LogP contribution in [-0.2, 0) is 12.8 Å². The van der Waals surface area contributed by atoms with E-state index in [1.165, 1.54) is 37.1 Å². The topological polar surface area (TPSA) is 22.1 Å². The summed E-state index contributed by atoms with van der Waals surface area (Å²) < 4.78 is 8.43. The number of ether oxygens (including phenoxy) is 1. The van der Waals surface area contributed by atoms with Crippen LogP contribution in [0.25, 0.3) is 32.8 Å². The van der Waals surface area contributed by atoms with Gasteiger partial charge in [-0.1, -0.05) is 0 Å². The quantitative estimate of drug-likeness (QED) is 0.219. The molecule has 3 aromatic carbocycles. The molecule has 0 unspecified atom stereocenters. The number of hydrogen-bond acceptors (Lipinski definition) is 2. The first-order chi connectivity index (χ1) is 16.2. The van der Waals surface area contributed by atoms with Gasteiger partial charge >= 0.3 is 214 Å². The third-order valence-electron chi connectivity index (χ3n) is 6.85. The normalized spacial score (nSPS) is 13.7. The summed E-state index contributed by atoms with van der Waals surface area (Å²) in [5.74, 6) is 9.41. The molecule has 0 radical (unpaired) electrons. The molecule has 0 saturated heterocycles. The Morgan fingerprint density at radius 1 is 0.771 bits per heavy atom. The molecule has 1 aromatic heterocycles. The molecule has 35 heavy (non-hydrogen) atoms. The van der Waals surface area contributed by atoms with Crippen molar-refractivity contribution in [2.24, 2.45) is 10.8 Å². The van der Waals surface area contributed by atoms with Crippen LogP contribution in [0.1, 0.15) is 52.7 Å². The summed E-state index contributed by atoms with van der Waals surface area (Å²) in [6, 6.07) is 16.1. The summed E-state index contributed by atoms with van der Waals surface area (Å²) in [6.07, 6.45) is 3.97. The van der Waals surface area contributed by atoms with Gasteiger partial charge in [-0.3, -0.25) is 0 Å². The monoisotopic (exact) mass is 527 g/mol. The third kappa shape index (κ3) is 4.62. The van der Waals surface area contributed by atoms with Crippen LogP contribution in [-0.4, -0.2) is 18.3 Å². The molecule has 0 saturated carbocycles. The van der Waals surface area contributed by atoms with Gasteiger partial charge < -0.3 is 0 Å². The van der Waals surface area contributed by atoms with Gasteiger partial charge in [0.15, 0.2) is 0 Å². The van der Waals surface area contributed by atoms with Crippen molar-refractivity contribution in [1.82, 2.24) is 4.98 Å². The molecule has 1 aliphatic rings. The predicted molar refractivity (Wildman–Crippen MR) is 154 cm³/mol. The van der Waals surface area contributed by atoms with Crippen LogP contribution in [0.15, 0.2) is 48.7 Å².